The third kappa shape index (κ3) is 6.84. The fourth-order valence-electron chi connectivity index (χ4n) is 6.64. The van der Waals surface area contributed by atoms with Gasteiger partial charge in [0.1, 0.15) is 12.1 Å². The first-order chi connectivity index (χ1) is 17.9. The smallest absolute Gasteiger partial charge is 0.409 e. The number of Topliss-reactive ketones (excluding diaryl/α,β-unsaturated/α-hetero) is 1. The van der Waals surface area contributed by atoms with Gasteiger partial charge in [-0.15, -0.1) is 0 Å². The maximum Gasteiger partial charge on any atom is 0.409 e. The molecule has 3 aliphatic carbocycles. The van der Waals surface area contributed by atoms with Crippen LogP contribution in [0.4, 0.5) is 4.79 Å². The zero-order valence-electron chi connectivity index (χ0n) is 22.6. The number of alkyl carbamates (subject to hydrolysis) is 1. The zero-order chi connectivity index (χ0) is 27.6. The SMILES string of the molecule is CC(C)(N)OC(=O)NC(C(=O)N1C[C@@H]2CCC[C@@H]2[C@H]1C(=O)NC(CC1CC1)C(=O)C(N)=O)C1CCCCC1. The Kier molecular flexibility index (Phi) is 8.64. The first-order valence-corrected chi connectivity index (χ1v) is 14.2. The van der Waals surface area contributed by atoms with Crippen LogP contribution in [0.1, 0.15) is 84.5 Å². The molecule has 2 unspecified atom stereocenters. The minimum absolute atomic E-state index is 0.0360. The number of hydrogen-bond acceptors (Lipinski definition) is 7. The highest BCUT2D eigenvalue weighted by atomic mass is 16.6. The Morgan fingerprint density at radius 2 is 1.63 bits per heavy atom. The summed E-state index contributed by atoms with van der Waals surface area (Å²) < 4.78 is 5.26. The van der Waals surface area contributed by atoms with Crippen molar-refractivity contribution in [3.63, 3.8) is 0 Å². The van der Waals surface area contributed by atoms with E-state index in [1.807, 2.05) is 0 Å². The van der Waals surface area contributed by atoms with E-state index in [1.165, 1.54) is 0 Å². The van der Waals surface area contributed by atoms with Crippen molar-refractivity contribution >= 4 is 29.6 Å². The number of hydrogen-bond donors (Lipinski definition) is 4. The molecule has 0 radical (unpaired) electrons. The Bertz CT molecular complexity index is 939. The molecule has 0 aromatic heterocycles. The molecule has 11 heteroatoms. The molecule has 0 bridgehead atoms. The van der Waals surface area contributed by atoms with Crippen LogP contribution in [0.15, 0.2) is 0 Å². The lowest BCUT2D eigenvalue weighted by Gasteiger charge is -2.36. The summed E-state index contributed by atoms with van der Waals surface area (Å²) in [5, 5.41) is 5.56. The number of ketones is 1. The van der Waals surface area contributed by atoms with E-state index >= 15 is 0 Å². The van der Waals surface area contributed by atoms with Crippen LogP contribution in [0.2, 0.25) is 0 Å². The molecule has 0 spiro atoms. The molecule has 11 nitrogen and oxygen atoms in total. The molecule has 4 rings (SSSR count). The molecule has 4 fully saturated rings. The first kappa shape index (κ1) is 28.3. The Morgan fingerprint density at radius 1 is 0.947 bits per heavy atom. The molecule has 3 saturated carbocycles. The second kappa shape index (κ2) is 11.6. The number of nitrogens with one attached hydrogen (secondary N) is 2. The highest BCUT2D eigenvalue weighted by Crippen LogP contribution is 2.43. The maximum absolute atomic E-state index is 14.1. The van der Waals surface area contributed by atoms with E-state index in [1.54, 1.807) is 18.7 Å². The van der Waals surface area contributed by atoms with Crippen molar-refractivity contribution in [2.75, 3.05) is 6.54 Å². The van der Waals surface area contributed by atoms with Gasteiger partial charge in [-0.05, 0) is 69.6 Å². The summed E-state index contributed by atoms with van der Waals surface area (Å²) in [4.78, 5) is 66.3. The lowest BCUT2D eigenvalue weighted by Crippen LogP contribution is -2.59. The van der Waals surface area contributed by atoms with Crippen LogP contribution in [0.5, 0.6) is 0 Å². The summed E-state index contributed by atoms with van der Waals surface area (Å²) in [6.45, 7) is 3.52. The summed E-state index contributed by atoms with van der Waals surface area (Å²) in [6.07, 6.45) is 8.75. The number of fused-ring (bicyclic) bond motifs is 1. The highest BCUT2D eigenvalue weighted by molar-refractivity contribution is 6.37. The highest BCUT2D eigenvalue weighted by Gasteiger charge is 2.52. The number of nitrogens with two attached hydrogens (primary N) is 2. The van der Waals surface area contributed by atoms with Crippen molar-refractivity contribution in [2.24, 2.45) is 35.1 Å². The fraction of sp³-hybridized carbons (Fsp3) is 0.815. The van der Waals surface area contributed by atoms with Crippen molar-refractivity contribution in [1.82, 2.24) is 15.5 Å². The van der Waals surface area contributed by atoms with Gasteiger partial charge in [-0.2, -0.15) is 0 Å². The van der Waals surface area contributed by atoms with Gasteiger partial charge in [-0.3, -0.25) is 24.9 Å². The van der Waals surface area contributed by atoms with Crippen LogP contribution in [0.3, 0.4) is 0 Å². The lowest BCUT2D eigenvalue weighted by atomic mass is 9.83. The van der Waals surface area contributed by atoms with E-state index in [9.17, 15) is 24.0 Å². The maximum atomic E-state index is 14.1. The summed E-state index contributed by atoms with van der Waals surface area (Å²) >= 11 is 0. The molecular weight excluding hydrogens is 490 g/mol. The predicted octanol–water partition coefficient (Wildman–Crippen LogP) is 1.32. The minimum Gasteiger partial charge on any atom is -0.429 e. The third-order valence-electron chi connectivity index (χ3n) is 8.60. The number of primary amides is 1. The van der Waals surface area contributed by atoms with E-state index < -0.39 is 47.5 Å². The van der Waals surface area contributed by atoms with Crippen molar-refractivity contribution in [1.29, 1.82) is 0 Å². The van der Waals surface area contributed by atoms with Gasteiger partial charge < -0.3 is 26.0 Å². The number of likely N-dealkylation sites (tertiary alicyclic amines) is 1. The van der Waals surface area contributed by atoms with E-state index in [2.05, 4.69) is 10.6 Å². The average Bonchev–Trinajstić information content (AvgIpc) is 3.42. The quantitative estimate of drug-likeness (QED) is 0.242. The van der Waals surface area contributed by atoms with Gasteiger partial charge in [0.2, 0.25) is 17.6 Å². The first-order valence-electron chi connectivity index (χ1n) is 14.2. The zero-order valence-corrected chi connectivity index (χ0v) is 22.6. The average molecular weight is 534 g/mol. The Hall–Kier alpha value is -2.69. The number of carbonyl (C=O) groups excluding carboxylic acids is 5. The Balaban J connectivity index is 1.55. The number of amides is 4. The predicted molar refractivity (Wildman–Crippen MR) is 138 cm³/mol. The second-order valence-electron chi connectivity index (χ2n) is 12.3. The molecular formula is C27H43N5O6. The van der Waals surface area contributed by atoms with E-state index in [-0.39, 0.29) is 29.6 Å². The standard InChI is InChI=1S/C27H43N5O6/c1-27(2,29)38-26(37)31-20(16-7-4-3-5-8-16)25(36)32-14-17-9-6-10-18(17)21(32)24(35)30-19(13-15-11-12-15)22(33)23(28)34/h15-21H,3-14,29H2,1-2H3,(H2,28,34)(H,30,35)(H,31,37)/t17-,18-,19?,20?,21-/m0/s1. The van der Waals surface area contributed by atoms with Gasteiger partial charge in [-0.25, -0.2) is 4.79 Å². The van der Waals surface area contributed by atoms with Gasteiger partial charge in [-0.1, -0.05) is 38.5 Å². The molecule has 212 valence electrons. The van der Waals surface area contributed by atoms with Crippen LogP contribution in [0.25, 0.3) is 0 Å². The second-order valence-corrected chi connectivity index (χ2v) is 12.3. The van der Waals surface area contributed by atoms with Gasteiger partial charge >= 0.3 is 6.09 Å². The monoisotopic (exact) mass is 533 g/mol. The van der Waals surface area contributed by atoms with Crippen molar-refractivity contribution in [2.45, 2.75) is 108 Å². The number of rotatable bonds is 10. The van der Waals surface area contributed by atoms with Crippen LogP contribution in [-0.4, -0.2) is 64.9 Å². The minimum atomic E-state index is -1.21. The third-order valence-corrected chi connectivity index (χ3v) is 8.60. The van der Waals surface area contributed by atoms with Gasteiger partial charge in [0.05, 0.1) is 6.04 Å². The number of carbonyl (C=O) groups is 5. The molecule has 38 heavy (non-hydrogen) atoms. The van der Waals surface area contributed by atoms with Gasteiger partial charge in [0.15, 0.2) is 5.72 Å². The van der Waals surface area contributed by atoms with Crippen LogP contribution >= 0.6 is 0 Å². The lowest BCUT2D eigenvalue weighted by molar-refractivity contribution is -0.144. The number of nitrogens with zero attached hydrogens (tertiary/aromatic N) is 1. The molecule has 6 N–H and O–H groups in total. The molecule has 1 saturated heterocycles. The number of ether oxygens (including phenoxy) is 1. The molecule has 4 amide bonds. The van der Waals surface area contributed by atoms with Crippen LogP contribution in [-0.2, 0) is 23.9 Å². The summed E-state index contributed by atoms with van der Waals surface area (Å²) in [5.74, 6) is -2.28. The summed E-state index contributed by atoms with van der Waals surface area (Å²) in [7, 11) is 0. The summed E-state index contributed by atoms with van der Waals surface area (Å²) in [6, 6.07) is -2.60. The van der Waals surface area contributed by atoms with Crippen molar-refractivity contribution < 1.29 is 28.7 Å². The largest absolute Gasteiger partial charge is 0.429 e. The van der Waals surface area contributed by atoms with Crippen LogP contribution in [0, 0.1) is 23.7 Å². The van der Waals surface area contributed by atoms with Crippen LogP contribution < -0.4 is 22.1 Å². The Labute approximate surface area is 224 Å². The van der Waals surface area contributed by atoms with E-state index in [0.717, 1.165) is 64.2 Å². The van der Waals surface area contributed by atoms with Crippen molar-refractivity contribution in [3.05, 3.63) is 0 Å². The molecule has 0 aromatic carbocycles. The molecule has 5 atom stereocenters. The summed E-state index contributed by atoms with van der Waals surface area (Å²) in [5.41, 5.74) is 9.91. The topological polar surface area (TPSA) is 174 Å². The molecule has 1 heterocycles. The normalized spacial score (nSPS) is 27.2. The van der Waals surface area contributed by atoms with Gasteiger partial charge in [0, 0.05) is 6.54 Å². The fourth-order valence-corrected chi connectivity index (χ4v) is 6.64. The molecule has 4 aliphatic rings. The van der Waals surface area contributed by atoms with Gasteiger partial charge in [0.25, 0.3) is 5.91 Å². The molecule has 1 aliphatic heterocycles. The van der Waals surface area contributed by atoms with E-state index in [4.69, 9.17) is 16.2 Å². The molecule has 0 aromatic rings. The van der Waals surface area contributed by atoms with E-state index in [0.29, 0.717) is 13.0 Å². The van der Waals surface area contributed by atoms with Crippen molar-refractivity contribution in [3.8, 4) is 0 Å². The Morgan fingerprint density at radius 3 is 2.24 bits per heavy atom.